The van der Waals surface area contributed by atoms with Crippen LogP contribution in [0.3, 0.4) is 0 Å². The molecule has 1 saturated heterocycles. The summed E-state index contributed by atoms with van der Waals surface area (Å²) < 4.78 is 39.0. The van der Waals surface area contributed by atoms with Gasteiger partial charge in [0.25, 0.3) is 5.91 Å². The van der Waals surface area contributed by atoms with Gasteiger partial charge in [-0.1, -0.05) is 20.8 Å². The number of carbonyl (C=O) groups is 2. The SMILES string of the molecule is COC(=O)c1ccc(CCCN2C(=O)C(F)(F)CC2CO[Si](C)(C)C(C)(C)C)s1. The fourth-order valence-electron chi connectivity index (χ4n) is 2.97. The molecule has 1 unspecified atom stereocenters. The van der Waals surface area contributed by atoms with Gasteiger partial charge in [0.1, 0.15) is 4.88 Å². The molecule has 164 valence electrons. The number of likely N-dealkylation sites (tertiary alicyclic amines) is 1. The molecule has 1 aliphatic rings. The first kappa shape index (κ1) is 24.0. The summed E-state index contributed by atoms with van der Waals surface area (Å²) in [6, 6.07) is 2.91. The first-order valence-corrected chi connectivity index (χ1v) is 13.5. The Morgan fingerprint density at radius 3 is 2.59 bits per heavy atom. The van der Waals surface area contributed by atoms with Crippen molar-refractivity contribution in [3.05, 3.63) is 21.9 Å². The van der Waals surface area contributed by atoms with Gasteiger partial charge in [-0.25, -0.2) is 4.79 Å². The third kappa shape index (κ3) is 5.64. The predicted octanol–water partition coefficient (Wildman–Crippen LogP) is 4.73. The number of aryl methyl sites for hydroxylation is 1. The van der Waals surface area contributed by atoms with Crippen LogP contribution >= 0.6 is 11.3 Å². The van der Waals surface area contributed by atoms with Crippen molar-refractivity contribution >= 4 is 31.5 Å². The number of nitrogens with zero attached hydrogens (tertiary/aromatic N) is 1. The molecule has 1 atom stereocenters. The molecule has 2 rings (SSSR count). The Balaban J connectivity index is 1.97. The van der Waals surface area contributed by atoms with Crippen LogP contribution in [0.15, 0.2) is 12.1 Å². The zero-order valence-corrected chi connectivity index (χ0v) is 19.8. The summed E-state index contributed by atoms with van der Waals surface area (Å²) in [5.74, 6) is -4.83. The number of ether oxygens (including phenoxy) is 1. The molecule has 0 aliphatic carbocycles. The second-order valence-corrected chi connectivity index (χ2v) is 15.0. The minimum absolute atomic E-state index is 0.0283. The number of rotatable bonds is 8. The molecule has 0 N–H and O–H groups in total. The smallest absolute Gasteiger partial charge is 0.348 e. The van der Waals surface area contributed by atoms with Crippen molar-refractivity contribution in [3.8, 4) is 0 Å². The number of hydrogen-bond acceptors (Lipinski definition) is 5. The van der Waals surface area contributed by atoms with Gasteiger partial charge in [0, 0.05) is 17.8 Å². The van der Waals surface area contributed by atoms with E-state index in [-0.39, 0.29) is 18.2 Å². The predicted molar refractivity (Wildman–Crippen MR) is 112 cm³/mol. The Morgan fingerprint density at radius 2 is 2.00 bits per heavy atom. The van der Waals surface area contributed by atoms with Crippen LogP contribution in [-0.2, 0) is 20.4 Å². The lowest BCUT2D eigenvalue weighted by molar-refractivity contribution is -0.148. The largest absolute Gasteiger partial charge is 0.465 e. The van der Waals surface area contributed by atoms with Crippen LogP contribution in [0, 0.1) is 0 Å². The highest BCUT2D eigenvalue weighted by molar-refractivity contribution is 7.13. The van der Waals surface area contributed by atoms with E-state index in [4.69, 9.17) is 4.43 Å². The van der Waals surface area contributed by atoms with E-state index in [1.165, 1.54) is 23.3 Å². The fourth-order valence-corrected chi connectivity index (χ4v) is 4.98. The van der Waals surface area contributed by atoms with Crippen LogP contribution < -0.4 is 0 Å². The van der Waals surface area contributed by atoms with Crippen molar-refractivity contribution in [2.45, 2.75) is 70.1 Å². The van der Waals surface area contributed by atoms with Crippen LogP contribution in [0.4, 0.5) is 8.78 Å². The molecule has 1 amide bonds. The monoisotopic (exact) mass is 447 g/mol. The maximum atomic E-state index is 14.1. The molecule has 0 spiro atoms. The van der Waals surface area contributed by atoms with Crippen molar-refractivity contribution in [1.29, 1.82) is 0 Å². The summed E-state index contributed by atoms with van der Waals surface area (Å²) in [7, 11) is -0.765. The summed E-state index contributed by atoms with van der Waals surface area (Å²) in [6.07, 6.45) is 0.651. The quantitative estimate of drug-likeness (QED) is 0.427. The molecule has 0 bridgehead atoms. The van der Waals surface area contributed by atoms with Gasteiger partial charge in [0.2, 0.25) is 0 Å². The maximum absolute atomic E-state index is 14.1. The minimum atomic E-state index is -3.33. The fraction of sp³-hybridized carbons (Fsp3) is 0.700. The summed E-state index contributed by atoms with van der Waals surface area (Å²) in [6.45, 7) is 10.8. The topological polar surface area (TPSA) is 55.8 Å². The molecule has 29 heavy (non-hydrogen) atoms. The van der Waals surface area contributed by atoms with Gasteiger partial charge in [0.05, 0.1) is 19.8 Å². The lowest BCUT2D eigenvalue weighted by Gasteiger charge is -2.37. The van der Waals surface area contributed by atoms with Crippen molar-refractivity contribution in [2.24, 2.45) is 0 Å². The average molecular weight is 448 g/mol. The molecule has 2 heterocycles. The number of alkyl halides is 2. The minimum Gasteiger partial charge on any atom is -0.465 e. The highest BCUT2D eigenvalue weighted by atomic mass is 32.1. The third-order valence-electron chi connectivity index (χ3n) is 5.82. The van der Waals surface area contributed by atoms with E-state index in [2.05, 4.69) is 38.6 Å². The van der Waals surface area contributed by atoms with Gasteiger partial charge in [-0.3, -0.25) is 4.79 Å². The molecular weight excluding hydrogens is 416 g/mol. The number of esters is 1. The molecule has 1 aliphatic heterocycles. The molecular formula is C20H31F2NO4SSi. The molecule has 1 fully saturated rings. The van der Waals surface area contributed by atoms with Gasteiger partial charge in [-0.2, -0.15) is 8.78 Å². The van der Waals surface area contributed by atoms with Crippen LogP contribution in [0.2, 0.25) is 18.1 Å². The van der Waals surface area contributed by atoms with E-state index >= 15 is 0 Å². The lowest BCUT2D eigenvalue weighted by atomic mass is 10.2. The molecule has 0 saturated carbocycles. The van der Waals surface area contributed by atoms with E-state index in [1.54, 1.807) is 6.07 Å². The zero-order valence-electron chi connectivity index (χ0n) is 18.0. The van der Waals surface area contributed by atoms with E-state index in [0.717, 1.165) is 4.88 Å². The maximum Gasteiger partial charge on any atom is 0.348 e. The van der Waals surface area contributed by atoms with Gasteiger partial charge in [-0.15, -0.1) is 11.3 Å². The van der Waals surface area contributed by atoms with Crippen LogP contribution in [0.1, 0.15) is 48.2 Å². The standard InChI is InChI=1S/C20H31F2NO4SSi/c1-19(2,3)29(5,6)27-13-14-12-20(21,22)18(25)23(14)11-7-8-15-9-10-16(28-15)17(24)26-4/h9-10,14H,7-8,11-13H2,1-6H3. The van der Waals surface area contributed by atoms with Gasteiger partial charge >= 0.3 is 11.9 Å². The van der Waals surface area contributed by atoms with Crippen molar-refractivity contribution in [2.75, 3.05) is 20.3 Å². The van der Waals surface area contributed by atoms with E-state index in [0.29, 0.717) is 17.7 Å². The highest BCUT2D eigenvalue weighted by Crippen LogP contribution is 2.39. The van der Waals surface area contributed by atoms with E-state index in [1.807, 2.05) is 6.07 Å². The Morgan fingerprint density at radius 1 is 1.34 bits per heavy atom. The van der Waals surface area contributed by atoms with Crippen molar-refractivity contribution in [1.82, 2.24) is 4.90 Å². The van der Waals surface area contributed by atoms with E-state index < -0.39 is 38.6 Å². The first-order chi connectivity index (χ1) is 13.3. The summed E-state index contributed by atoms with van der Waals surface area (Å²) >= 11 is 1.32. The molecule has 0 aromatic carbocycles. The van der Waals surface area contributed by atoms with Crippen molar-refractivity contribution < 1.29 is 27.5 Å². The summed E-state index contributed by atoms with van der Waals surface area (Å²) in [4.78, 5) is 26.5. The molecule has 9 heteroatoms. The number of halogens is 2. The van der Waals surface area contributed by atoms with Crippen LogP contribution in [0.5, 0.6) is 0 Å². The lowest BCUT2D eigenvalue weighted by Crippen LogP contribution is -2.45. The van der Waals surface area contributed by atoms with Crippen LogP contribution in [0.25, 0.3) is 0 Å². The van der Waals surface area contributed by atoms with Crippen molar-refractivity contribution in [3.63, 3.8) is 0 Å². The Labute approximate surface area is 176 Å². The number of hydrogen-bond donors (Lipinski definition) is 0. The normalized spacial score (nSPS) is 19.7. The second-order valence-electron chi connectivity index (χ2n) is 8.99. The third-order valence-corrected chi connectivity index (χ3v) is 11.4. The highest BCUT2D eigenvalue weighted by Gasteiger charge is 2.53. The molecule has 0 radical (unpaired) electrons. The van der Waals surface area contributed by atoms with Gasteiger partial charge < -0.3 is 14.1 Å². The number of amides is 1. The number of methoxy groups -OCH3 is 1. The Hall–Kier alpha value is -1.32. The number of thiophene rings is 1. The zero-order chi connectivity index (χ0) is 22.0. The number of carbonyl (C=O) groups excluding carboxylic acids is 2. The van der Waals surface area contributed by atoms with E-state index in [9.17, 15) is 18.4 Å². The first-order valence-electron chi connectivity index (χ1n) is 9.78. The average Bonchev–Trinajstić information content (AvgIpc) is 3.16. The Bertz CT molecular complexity index is 745. The summed E-state index contributed by atoms with van der Waals surface area (Å²) in [5, 5.41) is -0.0283. The Kier molecular flexibility index (Phi) is 7.28. The molecule has 1 aromatic heterocycles. The van der Waals surface area contributed by atoms with Gasteiger partial charge in [-0.05, 0) is 43.1 Å². The summed E-state index contributed by atoms with van der Waals surface area (Å²) in [5.41, 5.74) is 0. The van der Waals surface area contributed by atoms with Gasteiger partial charge in [0.15, 0.2) is 8.32 Å². The second kappa shape index (κ2) is 8.81. The van der Waals surface area contributed by atoms with Crippen LogP contribution in [-0.4, -0.2) is 57.3 Å². The molecule has 5 nitrogen and oxygen atoms in total. The molecule has 1 aromatic rings.